The number of nitro groups is 1. The van der Waals surface area contributed by atoms with Gasteiger partial charge >= 0.3 is 6.09 Å². The van der Waals surface area contributed by atoms with Crippen LogP contribution in [0.1, 0.15) is 36.0 Å². The van der Waals surface area contributed by atoms with Crippen molar-refractivity contribution in [2.45, 2.75) is 33.3 Å². The molecule has 1 saturated heterocycles. The van der Waals surface area contributed by atoms with Crippen molar-refractivity contribution in [3.8, 4) is 11.3 Å². The third-order valence-corrected chi connectivity index (χ3v) is 6.33. The van der Waals surface area contributed by atoms with Crippen molar-refractivity contribution < 1.29 is 19.2 Å². The first-order valence-electron chi connectivity index (χ1n) is 11.7. The Hall–Kier alpha value is -4.06. The van der Waals surface area contributed by atoms with E-state index in [2.05, 4.69) is 15.3 Å². The van der Waals surface area contributed by atoms with Crippen LogP contribution in [0.15, 0.2) is 42.6 Å². The number of nitrogens with one attached hydrogen (secondary N) is 1. The lowest BCUT2D eigenvalue weighted by Gasteiger charge is -2.35. The standard InChI is InChI=1S/C25H28N6O5S/c1-16-15-26-23(37-16)28-21-14-18(13-20(27-21)17-6-5-7-19(12-17)31(34)35)22(32)29-8-10-30(11-9-29)24(33)36-25(2,3)4/h5-7,12-15H,8-11H2,1-4H3,(H,26,27,28). The lowest BCUT2D eigenvalue weighted by molar-refractivity contribution is -0.384. The van der Waals surface area contributed by atoms with Crippen molar-refractivity contribution in [2.75, 3.05) is 31.5 Å². The maximum absolute atomic E-state index is 13.5. The van der Waals surface area contributed by atoms with E-state index in [4.69, 9.17) is 4.74 Å². The topological polar surface area (TPSA) is 131 Å². The summed E-state index contributed by atoms with van der Waals surface area (Å²) in [5.74, 6) is 0.172. The zero-order valence-electron chi connectivity index (χ0n) is 21.1. The number of carbonyl (C=O) groups excluding carboxylic acids is 2. The van der Waals surface area contributed by atoms with Crippen LogP contribution in [0.2, 0.25) is 0 Å². The molecule has 0 bridgehead atoms. The van der Waals surface area contributed by atoms with Crippen LogP contribution in [-0.2, 0) is 4.74 Å². The molecule has 11 nitrogen and oxygen atoms in total. The minimum Gasteiger partial charge on any atom is -0.444 e. The molecular weight excluding hydrogens is 496 g/mol. The quantitative estimate of drug-likeness (QED) is 0.370. The number of piperazine rings is 1. The Morgan fingerprint density at radius 3 is 2.43 bits per heavy atom. The normalized spacial score (nSPS) is 13.8. The molecule has 0 spiro atoms. The number of aromatic nitrogens is 2. The Morgan fingerprint density at radius 2 is 1.81 bits per heavy atom. The summed E-state index contributed by atoms with van der Waals surface area (Å²) in [5.41, 5.74) is 0.635. The smallest absolute Gasteiger partial charge is 0.410 e. The molecule has 3 heterocycles. The Morgan fingerprint density at radius 1 is 1.11 bits per heavy atom. The van der Waals surface area contributed by atoms with Crippen molar-refractivity contribution in [1.29, 1.82) is 0 Å². The minimum absolute atomic E-state index is 0.0700. The van der Waals surface area contributed by atoms with E-state index in [0.29, 0.717) is 53.9 Å². The summed E-state index contributed by atoms with van der Waals surface area (Å²) in [6.45, 7) is 8.77. The van der Waals surface area contributed by atoms with E-state index in [1.165, 1.54) is 23.5 Å². The number of hydrogen-bond acceptors (Lipinski definition) is 9. The summed E-state index contributed by atoms with van der Waals surface area (Å²) >= 11 is 1.44. The number of benzene rings is 1. The highest BCUT2D eigenvalue weighted by atomic mass is 32.1. The number of carbonyl (C=O) groups is 2. The van der Waals surface area contributed by atoms with Crippen LogP contribution in [0.3, 0.4) is 0 Å². The molecular formula is C25H28N6O5S. The summed E-state index contributed by atoms with van der Waals surface area (Å²) in [6, 6.07) is 9.38. The van der Waals surface area contributed by atoms with E-state index in [1.54, 1.807) is 40.3 Å². The number of aryl methyl sites for hydroxylation is 1. The third kappa shape index (κ3) is 6.58. The summed E-state index contributed by atoms with van der Waals surface area (Å²) in [5, 5.41) is 15.0. The number of hydrogen-bond donors (Lipinski definition) is 1. The number of thiazole rings is 1. The Kier molecular flexibility index (Phi) is 7.39. The van der Waals surface area contributed by atoms with E-state index in [0.717, 1.165) is 4.88 Å². The van der Waals surface area contributed by atoms with Gasteiger partial charge < -0.3 is 19.9 Å². The van der Waals surface area contributed by atoms with Gasteiger partial charge in [0, 0.05) is 60.5 Å². The number of pyridine rings is 1. The fourth-order valence-corrected chi connectivity index (χ4v) is 4.44. The largest absolute Gasteiger partial charge is 0.444 e. The second-order valence-corrected chi connectivity index (χ2v) is 10.8. The van der Waals surface area contributed by atoms with Crippen molar-refractivity contribution in [2.24, 2.45) is 0 Å². The van der Waals surface area contributed by atoms with Gasteiger partial charge in [0.1, 0.15) is 11.4 Å². The molecule has 2 aromatic heterocycles. The average molecular weight is 525 g/mol. The van der Waals surface area contributed by atoms with Gasteiger partial charge in [-0.2, -0.15) is 0 Å². The summed E-state index contributed by atoms with van der Waals surface area (Å²) in [4.78, 5) is 49.9. The van der Waals surface area contributed by atoms with E-state index < -0.39 is 16.6 Å². The lowest BCUT2D eigenvalue weighted by Crippen LogP contribution is -2.51. The molecule has 1 aromatic carbocycles. The molecule has 2 amide bonds. The zero-order chi connectivity index (χ0) is 26.7. The number of nitro benzene ring substituents is 1. The first-order chi connectivity index (χ1) is 17.5. The fourth-order valence-electron chi connectivity index (χ4n) is 3.77. The SMILES string of the molecule is Cc1cnc(Nc2cc(C(=O)N3CCN(C(=O)OC(C)(C)C)CC3)cc(-c3cccc([N+](=O)[O-])c3)n2)s1. The van der Waals surface area contributed by atoms with E-state index in [-0.39, 0.29) is 11.6 Å². The molecule has 1 aliphatic heterocycles. The van der Waals surface area contributed by atoms with Crippen LogP contribution >= 0.6 is 11.3 Å². The summed E-state index contributed by atoms with van der Waals surface area (Å²) in [7, 11) is 0. The van der Waals surface area contributed by atoms with Gasteiger partial charge in [-0.3, -0.25) is 14.9 Å². The van der Waals surface area contributed by atoms with E-state index >= 15 is 0 Å². The van der Waals surface area contributed by atoms with Gasteiger partial charge in [0.05, 0.1) is 10.6 Å². The molecule has 37 heavy (non-hydrogen) atoms. The molecule has 12 heteroatoms. The first kappa shape index (κ1) is 26.0. The molecule has 4 rings (SSSR count). The second-order valence-electron chi connectivity index (χ2n) is 9.59. The molecule has 1 fully saturated rings. The highest BCUT2D eigenvalue weighted by molar-refractivity contribution is 7.15. The zero-order valence-corrected chi connectivity index (χ0v) is 21.9. The van der Waals surface area contributed by atoms with Crippen LogP contribution in [0.5, 0.6) is 0 Å². The van der Waals surface area contributed by atoms with Gasteiger partial charge in [0.25, 0.3) is 11.6 Å². The van der Waals surface area contributed by atoms with Crippen LogP contribution in [0.25, 0.3) is 11.3 Å². The number of anilines is 2. The van der Waals surface area contributed by atoms with Crippen molar-refractivity contribution in [3.05, 3.63) is 63.1 Å². The van der Waals surface area contributed by atoms with Crippen LogP contribution in [0.4, 0.5) is 21.4 Å². The van der Waals surface area contributed by atoms with Gasteiger partial charge in [-0.1, -0.05) is 12.1 Å². The van der Waals surface area contributed by atoms with Crippen molar-refractivity contribution in [3.63, 3.8) is 0 Å². The number of rotatable bonds is 5. The maximum atomic E-state index is 13.5. The Bertz CT molecular complexity index is 1330. The molecule has 1 N–H and O–H groups in total. The summed E-state index contributed by atoms with van der Waals surface area (Å²) in [6.07, 6.45) is 1.33. The van der Waals surface area contributed by atoms with Crippen LogP contribution < -0.4 is 5.32 Å². The number of amides is 2. The third-order valence-electron chi connectivity index (χ3n) is 5.50. The monoisotopic (exact) mass is 524 g/mol. The number of ether oxygens (including phenoxy) is 1. The van der Waals surface area contributed by atoms with E-state index in [1.807, 2.05) is 27.7 Å². The molecule has 0 radical (unpaired) electrons. The fraction of sp³-hybridized carbons (Fsp3) is 0.360. The van der Waals surface area contributed by atoms with Gasteiger partial charge in [-0.05, 0) is 39.8 Å². The average Bonchev–Trinajstić information content (AvgIpc) is 3.26. The molecule has 0 atom stereocenters. The highest BCUT2D eigenvalue weighted by Gasteiger charge is 2.28. The number of non-ortho nitro benzene ring substituents is 1. The van der Waals surface area contributed by atoms with Crippen molar-refractivity contribution >= 4 is 40.0 Å². The molecule has 194 valence electrons. The van der Waals surface area contributed by atoms with Gasteiger partial charge in [-0.15, -0.1) is 11.3 Å². The molecule has 0 unspecified atom stereocenters. The van der Waals surface area contributed by atoms with Gasteiger partial charge in [-0.25, -0.2) is 14.8 Å². The first-order valence-corrected chi connectivity index (χ1v) is 12.5. The predicted octanol–water partition coefficient (Wildman–Crippen LogP) is 4.86. The summed E-state index contributed by atoms with van der Waals surface area (Å²) < 4.78 is 5.44. The lowest BCUT2D eigenvalue weighted by atomic mass is 10.1. The van der Waals surface area contributed by atoms with Gasteiger partial charge in [0.15, 0.2) is 5.13 Å². The highest BCUT2D eigenvalue weighted by Crippen LogP contribution is 2.28. The van der Waals surface area contributed by atoms with E-state index in [9.17, 15) is 19.7 Å². The molecule has 0 saturated carbocycles. The molecule has 0 aliphatic carbocycles. The number of nitrogens with zero attached hydrogens (tertiary/aromatic N) is 5. The molecule has 3 aromatic rings. The minimum atomic E-state index is -0.594. The Balaban J connectivity index is 1.59. The Labute approximate surface area is 218 Å². The predicted molar refractivity (Wildman–Crippen MR) is 140 cm³/mol. The molecule has 1 aliphatic rings. The van der Waals surface area contributed by atoms with Gasteiger partial charge in [0.2, 0.25) is 0 Å². The van der Waals surface area contributed by atoms with Crippen LogP contribution in [-0.4, -0.2) is 68.5 Å². The second kappa shape index (κ2) is 10.5. The maximum Gasteiger partial charge on any atom is 0.410 e. The van der Waals surface area contributed by atoms with Crippen LogP contribution in [0, 0.1) is 17.0 Å². The van der Waals surface area contributed by atoms with Crippen molar-refractivity contribution in [1.82, 2.24) is 19.8 Å².